The maximum atomic E-state index is 7.05. The number of benzene rings is 6. The van der Waals surface area contributed by atoms with Crippen molar-refractivity contribution in [2.24, 2.45) is 13.5 Å². The van der Waals surface area contributed by atoms with E-state index in [2.05, 4.69) is 39.5 Å². The Morgan fingerprint density at radius 3 is 0.783 bits per heavy atom. The van der Waals surface area contributed by atoms with Crippen molar-refractivity contribution in [1.82, 2.24) is 0 Å². The summed E-state index contributed by atoms with van der Waals surface area (Å²) in [5.41, 5.74) is 4.57. The van der Waals surface area contributed by atoms with Gasteiger partial charge >= 0.3 is 23.0 Å². The summed E-state index contributed by atoms with van der Waals surface area (Å²) in [7, 11) is -12.5. The first-order valence-electron chi connectivity index (χ1n) is 18.6. The molecule has 1 aliphatic rings. The fraction of sp³-hybridized carbons (Fsp3) is 0. The quantitative estimate of drug-likeness (QED) is 0.0800. The summed E-state index contributed by atoms with van der Waals surface area (Å²) in [6, 6.07) is 43.9. The monoisotopic (exact) mass is 849 g/mol. The van der Waals surface area contributed by atoms with Crippen LogP contribution in [-0.2, 0) is 0 Å². The van der Waals surface area contributed by atoms with Crippen LogP contribution in [0.25, 0.3) is 36.5 Å². The minimum absolute atomic E-state index is 0.373. The Hall–Kier alpha value is -6.75. The number of rotatable bonds is 18. The van der Waals surface area contributed by atoms with Gasteiger partial charge in [0.25, 0.3) is 0 Å². The molecule has 0 aromatic heterocycles. The second kappa shape index (κ2) is 18.4. The molecule has 0 saturated heterocycles. The average Bonchev–Trinajstić information content (AvgIpc) is 3.27. The number of hydrogen-bond donors (Lipinski definition) is 0. The van der Waals surface area contributed by atoms with Gasteiger partial charge in [0, 0.05) is 16.7 Å². The van der Waals surface area contributed by atoms with Crippen molar-refractivity contribution in [1.29, 1.82) is 0 Å². The third-order valence-corrected chi connectivity index (χ3v) is 16.8. The van der Waals surface area contributed by atoms with E-state index in [0.29, 0.717) is 51.2 Å². The Labute approximate surface area is 351 Å². The molecular weight excluding hydrogens is 807 g/mol. The van der Waals surface area contributed by atoms with Gasteiger partial charge in [-0.1, -0.05) is 180 Å². The second-order valence-corrected chi connectivity index (χ2v) is 19.0. The molecule has 6 aromatic rings. The van der Waals surface area contributed by atoms with Crippen molar-refractivity contribution >= 4 is 59.4 Å². The fourth-order valence-corrected chi connectivity index (χ4v) is 14.9. The highest BCUT2D eigenvalue weighted by molar-refractivity contribution is 7.79. The van der Waals surface area contributed by atoms with E-state index in [9.17, 15) is 0 Å². The smallest absolute Gasteiger partial charge is 0.413 e. The molecule has 1 aliphatic heterocycles. The van der Waals surface area contributed by atoms with Gasteiger partial charge < -0.3 is 27.1 Å². The van der Waals surface area contributed by atoms with Crippen molar-refractivity contribution in [3.8, 4) is 34.5 Å². The van der Waals surface area contributed by atoms with Crippen LogP contribution in [0.3, 0.4) is 0 Å². The molecule has 0 bridgehead atoms. The zero-order valence-electron chi connectivity index (χ0n) is 32.7. The summed E-state index contributed by atoms with van der Waals surface area (Å²) in [5, 5.41) is 0. The number of hydrogen-bond acceptors (Lipinski definition) is 9. The molecule has 0 saturated carbocycles. The minimum atomic E-state index is -4.17. The first-order valence-corrected chi connectivity index (χ1v) is 23.2. The van der Waals surface area contributed by atoms with Crippen molar-refractivity contribution in [2.75, 3.05) is 0 Å². The van der Waals surface area contributed by atoms with Crippen LogP contribution in [0.5, 0.6) is 34.5 Å². The molecule has 0 radical (unpaired) electrons. The van der Waals surface area contributed by atoms with Crippen LogP contribution >= 0.6 is 23.0 Å². The van der Waals surface area contributed by atoms with Gasteiger partial charge in [-0.05, 0) is 71.3 Å². The Kier molecular flexibility index (Phi) is 12.7. The molecule has 0 aliphatic carbocycles. The van der Waals surface area contributed by atoms with Gasteiger partial charge in [0.15, 0.2) is 0 Å². The van der Waals surface area contributed by atoms with E-state index < -0.39 is 23.0 Å². The first kappa shape index (κ1) is 41.4. The van der Waals surface area contributed by atoms with Crippen LogP contribution in [-0.4, -0.2) is 0 Å². The van der Waals surface area contributed by atoms with Gasteiger partial charge in [-0.2, -0.15) is 0 Å². The van der Waals surface area contributed by atoms with Crippen LogP contribution in [0.15, 0.2) is 199 Å². The lowest BCUT2D eigenvalue weighted by Gasteiger charge is -2.33. The van der Waals surface area contributed by atoms with Gasteiger partial charge in [-0.25, -0.2) is 0 Å². The highest BCUT2D eigenvalue weighted by Crippen LogP contribution is 2.79. The van der Waals surface area contributed by atoms with Crippen LogP contribution in [0.1, 0.15) is 33.4 Å². The Morgan fingerprint density at radius 1 is 0.300 bits per heavy atom. The molecule has 1 heterocycles. The van der Waals surface area contributed by atoms with E-state index in [-0.39, 0.29) is 0 Å². The summed E-state index contributed by atoms with van der Waals surface area (Å²) < 4.78 is 58.1. The van der Waals surface area contributed by atoms with Gasteiger partial charge in [0.05, 0.1) is 0 Å². The van der Waals surface area contributed by atoms with Gasteiger partial charge in [0.2, 0.25) is 0 Å². The topological polar surface area (TPSA) is 92.5 Å². The average molecular weight is 850 g/mol. The third kappa shape index (κ3) is 9.58. The maximum absolute atomic E-state index is 7.05. The highest BCUT2D eigenvalue weighted by atomic mass is 31.3. The van der Waals surface area contributed by atoms with E-state index >= 15 is 0 Å². The molecule has 7 rings (SSSR count). The second-order valence-electron chi connectivity index (χ2n) is 12.8. The maximum Gasteiger partial charge on any atom is 0.460 e. The molecule has 0 unspecified atom stereocenters. The standard InChI is InChI=1S/C48H42N3O6P3/c1-7-37-25-31-43(32-26-37)52-58(55-46-22-16-13-19-40(46)10-4)49-59(53-44-33-27-38(8-2)28-34-44,56-47-23-17-14-20-41(47)11-5)51-60(50-58,54-45-35-29-39(9-3)30-36-45)57-48-24-18-15-21-42(48)12-6/h7-36H,1-6H2. The molecule has 0 atom stereocenters. The molecular formula is C48H42N3O6P3. The van der Waals surface area contributed by atoms with Gasteiger partial charge in [-0.3, -0.25) is 0 Å². The van der Waals surface area contributed by atoms with E-state index in [0.717, 1.165) is 16.7 Å². The summed E-state index contributed by atoms with van der Waals surface area (Å²) in [5.74, 6) is 2.24. The molecule has 300 valence electrons. The third-order valence-electron chi connectivity index (χ3n) is 8.77. The lowest BCUT2D eigenvalue weighted by Crippen LogP contribution is -2.12. The zero-order valence-corrected chi connectivity index (χ0v) is 35.4. The molecule has 9 nitrogen and oxygen atoms in total. The Balaban J connectivity index is 1.63. The minimum Gasteiger partial charge on any atom is -0.413 e. The highest BCUT2D eigenvalue weighted by Gasteiger charge is 2.49. The van der Waals surface area contributed by atoms with Crippen LogP contribution in [0, 0.1) is 0 Å². The largest absolute Gasteiger partial charge is 0.460 e. The molecule has 6 aromatic carbocycles. The van der Waals surface area contributed by atoms with E-state index in [1.807, 2.05) is 91.0 Å². The first-order chi connectivity index (χ1) is 29.2. The Morgan fingerprint density at radius 2 is 0.550 bits per heavy atom. The summed E-state index contributed by atoms with van der Waals surface area (Å²) >= 11 is 0. The van der Waals surface area contributed by atoms with Gasteiger partial charge in [-0.15, -0.1) is 0 Å². The predicted molar refractivity (Wildman–Crippen MR) is 251 cm³/mol. The van der Waals surface area contributed by atoms with Crippen LogP contribution in [0.2, 0.25) is 0 Å². The van der Waals surface area contributed by atoms with E-state index in [4.69, 9.17) is 40.7 Å². The lowest BCUT2D eigenvalue weighted by atomic mass is 10.2. The summed E-state index contributed by atoms with van der Waals surface area (Å²) in [6.45, 7) is 23.9. The fourth-order valence-electron chi connectivity index (χ4n) is 5.74. The summed E-state index contributed by atoms with van der Waals surface area (Å²) in [6.07, 6.45) is 10.2. The van der Waals surface area contributed by atoms with Crippen molar-refractivity contribution in [3.05, 3.63) is 218 Å². The van der Waals surface area contributed by atoms with Crippen molar-refractivity contribution in [3.63, 3.8) is 0 Å². The van der Waals surface area contributed by atoms with Crippen molar-refractivity contribution < 1.29 is 27.1 Å². The van der Waals surface area contributed by atoms with E-state index in [1.54, 1.807) is 91.1 Å². The molecule has 0 amide bonds. The molecule has 0 N–H and O–H groups in total. The van der Waals surface area contributed by atoms with Crippen LogP contribution < -0.4 is 27.1 Å². The molecule has 0 fully saturated rings. The van der Waals surface area contributed by atoms with Crippen molar-refractivity contribution in [2.45, 2.75) is 0 Å². The zero-order chi connectivity index (χ0) is 42.0. The Bertz CT molecular complexity index is 2440. The SMILES string of the molecule is C=Cc1ccc(OP2(Oc3ccccc3C=C)=NP(Oc3ccc(C=C)cc3)(Oc3ccccc3C=C)=NP(Oc3ccc(C=C)cc3)(Oc3ccccc3C=C)=N2)cc1. The summed E-state index contributed by atoms with van der Waals surface area (Å²) in [4.78, 5) is 0. The number of nitrogens with zero attached hydrogens (tertiary/aromatic N) is 3. The molecule has 0 spiro atoms. The van der Waals surface area contributed by atoms with Crippen LogP contribution in [0.4, 0.5) is 0 Å². The molecule has 60 heavy (non-hydrogen) atoms. The molecule has 12 heteroatoms. The predicted octanol–water partition coefficient (Wildman–Crippen LogP) is 16.2. The van der Waals surface area contributed by atoms with Gasteiger partial charge in [0.1, 0.15) is 34.5 Å². The lowest BCUT2D eigenvalue weighted by molar-refractivity contribution is 0.442. The van der Waals surface area contributed by atoms with E-state index in [1.165, 1.54) is 0 Å². The number of para-hydroxylation sites is 3. The normalized spacial score (nSPS) is 19.0.